The third kappa shape index (κ3) is 2.10. The molecule has 1 N–H and O–H groups in total. The molecule has 3 nitrogen and oxygen atoms in total. The maximum absolute atomic E-state index is 12.5. The lowest BCUT2D eigenvalue weighted by Crippen LogP contribution is -2.62. The Hall–Kier alpha value is -0.570. The van der Waals surface area contributed by atoms with Crippen molar-refractivity contribution >= 4 is 5.91 Å². The molecule has 0 aromatic rings. The first-order chi connectivity index (χ1) is 8.93. The number of nitrogens with zero attached hydrogens (tertiary/aromatic N) is 1. The molecule has 3 rings (SSSR count). The fraction of sp³-hybridized carbons (Fsp3) is 0.938. The van der Waals surface area contributed by atoms with E-state index in [-0.39, 0.29) is 5.41 Å². The van der Waals surface area contributed by atoms with Gasteiger partial charge < -0.3 is 10.2 Å². The Morgan fingerprint density at radius 2 is 2.00 bits per heavy atom. The van der Waals surface area contributed by atoms with E-state index >= 15 is 0 Å². The highest BCUT2D eigenvalue weighted by Gasteiger charge is 2.55. The third-order valence-electron chi connectivity index (χ3n) is 5.66. The van der Waals surface area contributed by atoms with Crippen LogP contribution in [0.25, 0.3) is 0 Å². The fourth-order valence-corrected chi connectivity index (χ4v) is 4.51. The zero-order valence-electron chi connectivity index (χ0n) is 12.7. The van der Waals surface area contributed by atoms with Crippen molar-refractivity contribution in [3.8, 4) is 0 Å². The van der Waals surface area contributed by atoms with Crippen LogP contribution in [0.5, 0.6) is 0 Å². The van der Waals surface area contributed by atoms with Gasteiger partial charge in [-0.1, -0.05) is 20.8 Å². The van der Waals surface area contributed by atoms with Gasteiger partial charge in [0.1, 0.15) is 0 Å². The minimum atomic E-state index is -0.234. The van der Waals surface area contributed by atoms with Crippen LogP contribution in [0.1, 0.15) is 52.9 Å². The highest BCUT2D eigenvalue weighted by molar-refractivity contribution is 5.81. The summed E-state index contributed by atoms with van der Waals surface area (Å²) in [6, 6.07) is 0. The predicted octanol–water partition coefficient (Wildman–Crippen LogP) is 2.41. The summed E-state index contributed by atoms with van der Waals surface area (Å²) in [5.74, 6) is 1.92. The van der Waals surface area contributed by atoms with E-state index in [9.17, 15) is 4.79 Å². The number of carbonyl (C=O) groups is 1. The van der Waals surface area contributed by atoms with Crippen LogP contribution in [0, 0.1) is 17.3 Å². The van der Waals surface area contributed by atoms with Crippen molar-refractivity contribution in [1.82, 2.24) is 10.2 Å². The minimum absolute atomic E-state index is 0.234. The molecule has 1 saturated carbocycles. The monoisotopic (exact) mass is 264 g/mol. The van der Waals surface area contributed by atoms with Gasteiger partial charge in [-0.15, -0.1) is 0 Å². The lowest BCUT2D eigenvalue weighted by atomic mass is 9.59. The van der Waals surface area contributed by atoms with Crippen LogP contribution in [0.4, 0.5) is 0 Å². The molecule has 2 aliphatic heterocycles. The van der Waals surface area contributed by atoms with Crippen LogP contribution >= 0.6 is 0 Å². The second-order valence-corrected chi connectivity index (χ2v) is 7.83. The van der Waals surface area contributed by atoms with Crippen LogP contribution in [0.3, 0.4) is 0 Å². The molecule has 0 aromatic carbocycles. The molecule has 0 bridgehead atoms. The van der Waals surface area contributed by atoms with Gasteiger partial charge in [-0.25, -0.2) is 0 Å². The number of amides is 1. The second-order valence-electron chi connectivity index (χ2n) is 7.83. The maximum atomic E-state index is 12.5. The van der Waals surface area contributed by atoms with Gasteiger partial charge in [0.15, 0.2) is 0 Å². The van der Waals surface area contributed by atoms with E-state index in [2.05, 4.69) is 10.2 Å². The summed E-state index contributed by atoms with van der Waals surface area (Å²) < 4.78 is 0. The van der Waals surface area contributed by atoms with Crippen molar-refractivity contribution in [2.24, 2.45) is 17.3 Å². The standard InChI is InChI=1S/C16H28N2O/c1-15(2,3)14(19)18-10-4-5-13(11-18)16-8-6-12(16)7-9-17-16/h12-13,17H,4-11H2,1-3H3. The number of nitrogens with one attached hydrogen (secondary N) is 1. The van der Waals surface area contributed by atoms with Crippen LogP contribution in [0.15, 0.2) is 0 Å². The molecule has 1 amide bonds. The zero-order chi connectivity index (χ0) is 13.7. The quantitative estimate of drug-likeness (QED) is 0.789. The van der Waals surface area contributed by atoms with Crippen molar-refractivity contribution in [2.75, 3.05) is 19.6 Å². The van der Waals surface area contributed by atoms with E-state index in [4.69, 9.17) is 0 Å². The van der Waals surface area contributed by atoms with Gasteiger partial charge in [-0.05, 0) is 50.5 Å². The van der Waals surface area contributed by atoms with Crippen LogP contribution in [0.2, 0.25) is 0 Å². The van der Waals surface area contributed by atoms with Gasteiger partial charge in [-0.2, -0.15) is 0 Å². The average Bonchev–Trinajstić information content (AvgIpc) is 2.64. The Bertz CT molecular complexity index is 373. The molecule has 3 aliphatic rings. The molecule has 3 atom stereocenters. The molecule has 0 aromatic heterocycles. The molecule has 2 heterocycles. The van der Waals surface area contributed by atoms with Crippen molar-refractivity contribution in [2.45, 2.75) is 58.4 Å². The second kappa shape index (κ2) is 4.47. The summed E-state index contributed by atoms with van der Waals surface area (Å²) in [5, 5.41) is 3.80. The summed E-state index contributed by atoms with van der Waals surface area (Å²) in [6.45, 7) is 9.26. The molecule has 0 spiro atoms. The van der Waals surface area contributed by atoms with E-state index in [1.807, 2.05) is 20.8 Å². The van der Waals surface area contributed by atoms with E-state index in [0.29, 0.717) is 17.4 Å². The van der Waals surface area contributed by atoms with E-state index in [0.717, 1.165) is 19.0 Å². The van der Waals surface area contributed by atoms with Crippen molar-refractivity contribution in [3.63, 3.8) is 0 Å². The summed E-state index contributed by atoms with van der Waals surface area (Å²) in [7, 11) is 0. The zero-order valence-corrected chi connectivity index (χ0v) is 12.7. The molecular weight excluding hydrogens is 236 g/mol. The maximum Gasteiger partial charge on any atom is 0.227 e. The summed E-state index contributed by atoms with van der Waals surface area (Å²) in [5.41, 5.74) is 0.165. The minimum Gasteiger partial charge on any atom is -0.342 e. The Labute approximate surface area is 117 Å². The van der Waals surface area contributed by atoms with Crippen LogP contribution in [-0.2, 0) is 4.79 Å². The normalized spacial score (nSPS) is 38.8. The van der Waals surface area contributed by atoms with Gasteiger partial charge in [0.2, 0.25) is 5.91 Å². The smallest absolute Gasteiger partial charge is 0.227 e. The van der Waals surface area contributed by atoms with E-state index in [1.165, 1.54) is 38.6 Å². The van der Waals surface area contributed by atoms with Gasteiger partial charge in [-0.3, -0.25) is 4.79 Å². The molecular formula is C16H28N2O. The number of hydrogen-bond acceptors (Lipinski definition) is 2. The number of hydrogen-bond donors (Lipinski definition) is 1. The number of piperidine rings is 1. The van der Waals surface area contributed by atoms with Gasteiger partial charge in [0, 0.05) is 24.0 Å². The predicted molar refractivity (Wildman–Crippen MR) is 76.8 cm³/mol. The molecule has 19 heavy (non-hydrogen) atoms. The SMILES string of the molecule is CC(C)(C)C(=O)N1CCCC(C23CCC2CCN3)C1. The number of likely N-dealkylation sites (tertiary alicyclic amines) is 1. The molecule has 1 aliphatic carbocycles. The number of carbonyl (C=O) groups excluding carboxylic acids is 1. The topological polar surface area (TPSA) is 32.3 Å². The van der Waals surface area contributed by atoms with Crippen LogP contribution in [-0.4, -0.2) is 36.0 Å². The van der Waals surface area contributed by atoms with Crippen molar-refractivity contribution in [1.29, 1.82) is 0 Å². The molecule has 2 saturated heterocycles. The molecule has 3 heteroatoms. The van der Waals surface area contributed by atoms with E-state index < -0.39 is 0 Å². The molecule has 108 valence electrons. The summed E-state index contributed by atoms with van der Waals surface area (Å²) >= 11 is 0. The summed E-state index contributed by atoms with van der Waals surface area (Å²) in [6.07, 6.45) is 6.57. The first kappa shape index (κ1) is 13.4. The number of fused-ring (bicyclic) bond motifs is 1. The van der Waals surface area contributed by atoms with Gasteiger partial charge in [0.25, 0.3) is 0 Å². The average molecular weight is 264 g/mol. The van der Waals surface area contributed by atoms with Crippen LogP contribution < -0.4 is 5.32 Å². The highest BCUT2D eigenvalue weighted by Crippen LogP contribution is 2.51. The largest absolute Gasteiger partial charge is 0.342 e. The lowest BCUT2D eigenvalue weighted by Gasteiger charge is -2.53. The Morgan fingerprint density at radius 3 is 2.58 bits per heavy atom. The number of rotatable bonds is 1. The Kier molecular flexibility index (Phi) is 3.16. The third-order valence-corrected chi connectivity index (χ3v) is 5.66. The van der Waals surface area contributed by atoms with Crippen molar-refractivity contribution < 1.29 is 4.79 Å². The fourth-order valence-electron chi connectivity index (χ4n) is 4.51. The lowest BCUT2D eigenvalue weighted by molar-refractivity contribution is -0.142. The Balaban J connectivity index is 1.70. The molecule has 0 radical (unpaired) electrons. The first-order valence-electron chi connectivity index (χ1n) is 7.98. The van der Waals surface area contributed by atoms with Gasteiger partial charge in [0.05, 0.1) is 0 Å². The summed E-state index contributed by atoms with van der Waals surface area (Å²) in [4.78, 5) is 14.6. The molecule has 3 unspecified atom stereocenters. The van der Waals surface area contributed by atoms with E-state index in [1.54, 1.807) is 0 Å². The first-order valence-corrected chi connectivity index (χ1v) is 7.98. The van der Waals surface area contributed by atoms with Gasteiger partial charge >= 0.3 is 0 Å². The Morgan fingerprint density at radius 1 is 1.21 bits per heavy atom. The molecule has 3 fully saturated rings. The highest BCUT2D eigenvalue weighted by atomic mass is 16.2. The van der Waals surface area contributed by atoms with Crippen molar-refractivity contribution in [3.05, 3.63) is 0 Å².